The van der Waals surface area contributed by atoms with Crippen LogP contribution in [0.4, 0.5) is 0 Å². The van der Waals surface area contributed by atoms with E-state index in [9.17, 15) is 9.00 Å². The number of hydrogen-bond donors (Lipinski definition) is 1. The highest BCUT2D eigenvalue weighted by Gasteiger charge is 1.93. The molecule has 68 valence electrons. The summed E-state index contributed by atoms with van der Waals surface area (Å²) in [6.07, 6.45) is 3.10. The molecule has 0 aromatic heterocycles. The molecule has 0 aromatic rings. The minimum atomic E-state index is -1.11. The van der Waals surface area contributed by atoms with Gasteiger partial charge in [-0.25, -0.2) is 0 Å². The van der Waals surface area contributed by atoms with Crippen molar-refractivity contribution >= 4 is 16.8 Å². The summed E-state index contributed by atoms with van der Waals surface area (Å²) in [5, 5.41) is 11.1. The van der Waals surface area contributed by atoms with Crippen molar-refractivity contribution in [3.05, 3.63) is 23.5 Å². The lowest BCUT2D eigenvalue weighted by Crippen LogP contribution is -1.92. The molecule has 0 spiro atoms. The highest BCUT2D eigenvalue weighted by molar-refractivity contribution is 7.90. The van der Waals surface area contributed by atoms with Gasteiger partial charge in [0.15, 0.2) is 0 Å². The predicted octanol–water partition coefficient (Wildman–Crippen LogP) is 1.65. The van der Waals surface area contributed by atoms with Gasteiger partial charge in [-0.15, -0.1) is 0 Å². The molecule has 0 saturated carbocycles. The Morgan fingerprint density at radius 1 is 1.58 bits per heavy atom. The SMILES string of the molecule is C=CS(=O)C=CCCCC(=O)O. The normalized spacial score (nSPS) is 13.0. The molecule has 0 amide bonds. The first-order chi connectivity index (χ1) is 5.66. The molecular formula is C8H12O3S. The lowest BCUT2D eigenvalue weighted by molar-refractivity contribution is -0.137. The summed E-state index contributed by atoms with van der Waals surface area (Å²) in [5.41, 5.74) is 0. The number of carboxylic acid groups (broad SMARTS) is 1. The summed E-state index contributed by atoms with van der Waals surface area (Å²) >= 11 is 0. The van der Waals surface area contributed by atoms with Gasteiger partial charge in [-0.1, -0.05) is 12.7 Å². The van der Waals surface area contributed by atoms with Crippen LogP contribution >= 0.6 is 0 Å². The minimum Gasteiger partial charge on any atom is -0.481 e. The van der Waals surface area contributed by atoms with Crippen LogP contribution in [0.25, 0.3) is 0 Å². The number of unbranched alkanes of at least 4 members (excludes halogenated alkanes) is 1. The van der Waals surface area contributed by atoms with Gasteiger partial charge < -0.3 is 5.11 Å². The Bertz CT molecular complexity index is 208. The zero-order chi connectivity index (χ0) is 9.40. The van der Waals surface area contributed by atoms with E-state index in [0.717, 1.165) is 0 Å². The molecule has 1 atom stereocenters. The van der Waals surface area contributed by atoms with Crippen LogP contribution in [0, 0.1) is 0 Å². The molecule has 0 rings (SSSR count). The molecule has 1 unspecified atom stereocenters. The Morgan fingerprint density at radius 2 is 2.25 bits per heavy atom. The molecule has 0 saturated heterocycles. The van der Waals surface area contributed by atoms with Gasteiger partial charge in [0.05, 0.1) is 10.8 Å². The fourth-order valence-electron chi connectivity index (χ4n) is 0.590. The van der Waals surface area contributed by atoms with Crippen molar-refractivity contribution in [3.63, 3.8) is 0 Å². The first kappa shape index (κ1) is 11.1. The molecule has 0 bridgehead atoms. The second kappa shape index (κ2) is 6.79. The van der Waals surface area contributed by atoms with Gasteiger partial charge in [-0.05, 0) is 18.2 Å². The number of allylic oxidation sites excluding steroid dienone is 1. The first-order valence-electron chi connectivity index (χ1n) is 3.57. The van der Waals surface area contributed by atoms with Crippen LogP contribution in [-0.4, -0.2) is 15.3 Å². The van der Waals surface area contributed by atoms with Gasteiger partial charge in [0.2, 0.25) is 0 Å². The quantitative estimate of drug-likeness (QED) is 0.645. The summed E-state index contributed by atoms with van der Waals surface area (Å²) in [6.45, 7) is 3.34. The monoisotopic (exact) mass is 188 g/mol. The highest BCUT2D eigenvalue weighted by atomic mass is 32.2. The van der Waals surface area contributed by atoms with Crippen LogP contribution in [0.5, 0.6) is 0 Å². The number of aliphatic carboxylic acids is 1. The van der Waals surface area contributed by atoms with Crippen LogP contribution in [0.2, 0.25) is 0 Å². The Balaban J connectivity index is 3.42. The molecule has 0 fully saturated rings. The lowest BCUT2D eigenvalue weighted by atomic mass is 10.2. The topological polar surface area (TPSA) is 54.4 Å². The molecule has 0 aliphatic carbocycles. The van der Waals surface area contributed by atoms with E-state index in [1.54, 1.807) is 6.08 Å². The van der Waals surface area contributed by atoms with Gasteiger partial charge in [-0.3, -0.25) is 9.00 Å². The summed E-state index contributed by atoms with van der Waals surface area (Å²) in [7, 11) is -1.11. The van der Waals surface area contributed by atoms with Gasteiger partial charge in [0.25, 0.3) is 0 Å². The Morgan fingerprint density at radius 3 is 2.75 bits per heavy atom. The smallest absolute Gasteiger partial charge is 0.303 e. The highest BCUT2D eigenvalue weighted by Crippen LogP contribution is 1.97. The molecule has 1 N–H and O–H groups in total. The Hall–Kier alpha value is -0.900. The van der Waals surface area contributed by atoms with E-state index >= 15 is 0 Å². The zero-order valence-electron chi connectivity index (χ0n) is 6.73. The molecule has 12 heavy (non-hydrogen) atoms. The average Bonchev–Trinajstić information content (AvgIpc) is 2.03. The Kier molecular flexibility index (Phi) is 6.28. The summed E-state index contributed by atoms with van der Waals surface area (Å²) in [6, 6.07) is 0. The van der Waals surface area contributed by atoms with Crippen LogP contribution in [0.15, 0.2) is 23.5 Å². The van der Waals surface area contributed by atoms with Gasteiger partial charge in [0, 0.05) is 11.8 Å². The number of rotatable bonds is 6. The largest absolute Gasteiger partial charge is 0.481 e. The standard InChI is InChI=1S/C8H12O3S/c1-2-12(11)7-5-3-4-6-8(9)10/h2,5,7H,1,3-4,6H2,(H,9,10). The second-order valence-electron chi connectivity index (χ2n) is 2.15. The predicted molar refractivity (Wildman–Crippen MR) is 49.0 cm³/mol. The number of hydrogen-bond acceptors (Lipinski definition) is 2. The fraction of sp³-hybridized carbons (Fsp3) is 0.375. The van der Waals surface area contributed by atoms with Crippen LogP contribution in [0.3, 0.4) is 0 Å². The van der Waals surface area contributed by atoms with Crippen LogP contribution in [-0.2, 0) is 15.6 Å². The third kappa shape index (κ3) is 7.21. The maximum absolute atomic E-state index is 10.7. The molecule has 0 aromatic carbocycles. The van der Waals surface area contributed by atoms with E-state index < -0.39 is 16.8 Å². The van der Waals surface area contributed by atoms with E-state index in [1.165, 1.54) is 10.8 Å². The van der Waals surface area contributed by atoms with Gasteiger partial charge >= 0.3 is 5.97 Å². The van der Waals surface area contributed by atoms with Gasteiger partial charge in [-0.2, -0.15) is 0 Å². The zero-order valence-corrected chi connectivity index (χ0v) is 7.55. The molecule has 0 radical (unpaired) electrons. The van der Waals surface area contributed by atoms with Crippen LogP contribution < -0.4 is 0 Å². The van der Waals surface area contributed by atoms with Crippen molar-refractivity contribution in [2.45, 2.75) is 19.3 Å². The van der Waals surface area contributed by atoms with E-state index in [4.69, 9.17) is 5.11 Å². The van der Waals surface area contributed by atoms with E-state index in [-0.39, 0.29) is 6.42 Å². The summed E-state index contributed by atoms with van der Waals surface area (Å²) in [5.74, 6) is -0.798. The third-order valence-corrected chi connectivity index (χ3v) is 1.95. The van der Waals surface area contributed by atoms with Gasteiger partial charge in [0.1, 0.15) is 0 Å². The molecule has 4 heteroatoms. The van der Waals surface area contributed by atoms with Crippen molar-refractivity contribution in [2.75, 3.05) is 0 Å². The average molecular weight is 188 g/mol. The van der Waals surface area contributed by atoms with Crippen LogP contribution in [0.1, 0.15) is 19.3 Å². The molecule has 0 aliphatic heterocycles. The van der Waals surface area contributed by atoms with Crippen molar-refractivity contribution in [3.8, 4) is 0 Å². The summed E-state index contributed by atoms with van der Waals surface area (Å²) < 4.78 is 10.7. The van der Waals surface area contributed by atoms with E-state index in [2.05, 4.69) is 6.58 Å². The van der Waals surface area contributed by atoms with Crippen molar-refractivity contribution in [1.82, 2.24) is 0 Å². The minimum absolute atomic E-state index is 0.158. The molecule has 0 aliphatic rings. The summed E-state index contributed by atoms with van der Waals surface area (Å²) in [4.78, 5) is 10.1. The second-order valence-corrected chi connectivity index (χ2v) is 3.42. The maximum atomic E-state index is 10.7. The molecule has 0 heterocycles. The van der Waals surface area contributed by atoms with Crippen molar-refractivity contribution in [1.29, 1.82) is 0 Å². The molecular weight excluding hydrogens is 176 g/mol. The molecule has 3 nitrogen and oxygen atoms in total. The fourth-order valence-corrected chi connectivity index (χ4v) is 1.03. The van der Waals surface area contributed by atoms with E-state index in [1.807, 2.05) is 0 Å². The third-order valence-electron chi connectivity index (χ3n) is 1.16. The first-order valence-corrected chi connectivity index (χ1v) is 4.85. The van der Waals surface area contributed by atoms with E-state index in [0.29, 0.717) is 12.8 Å². The number of carboxylic acids is 1. The number of carbonyl (C=O) groups is 1. The van der Waals surface area contributed by atoms with Crippen molar-refractivity contribution < 1.29 is 14.1 Å². The van der Waals surface area contributed by atoms with Crippen molar-refractivity contribution in [2.24, 2.45) is 0 Å². The maximum Gasteiger partial charge on any atom is 0.303 e. The Labute approximate surface area is 74.2 Å². The lowest BCUT2D eigenvalue weighted by Gasteiger charge is -1.89.